The molecule has 2 nitrogen and oxygen atoms in total. The zero-order valence-corrected chi connectivity index (χ0v) is 4.68. The van der Waals surface area contributed by atoms with Crippen molar-refractivity contribution in [3.8, 4) is 0 Å². The normalized spacial score (nSPS) is 24.9. The lowest BCUT2D eigenvalue weighted by Gasteiger charge is -2.19. The molecule has 1 aliphatic rings. The van der Waals surface area contributed by atoms with Gasteiger partial charge in [-0.25, -0.2) is 0 Å². The second-order valence-electron chi connectivity index (χ2n) is 2.40. The van der Waals surface area contributed by atoms with Crippen molar-refractivity contribution in [2.45, 2.75) is 19.4 Å². The first-order chi connectivity index (χ1) is 3.21. The van der Waals surface area contributed by atoms with E-state index < -0.39 is 0 Å². The Morgan fingerprint density at radius 1 is 1.71 bits per heavy atom. The van der Waals surface area contributed by atoms with Gasteiger partial charge in [-0.15, -0.1) is 6.34 Å². The molecular weight excluding hydrogens is 88.1 g/mol. The monoisotopic (exact) mass is 97.1 g/mol. The van der Waals surface area contributed by atoms with E-state index in [0.717, 1.165) is 6.54 Å². The number of hydrogen-bond acceptors (Lipinski definition) is 1. The predicted octanol–water partition coefficient (Wildman–Crippen LogP) is 1.18. The molecule has 0 radical (unpaired) electrons. The molecular formula is C5H9N2-. The van der Waals surface area contributed by atoms with Crippen molar-refractivity contribution in [3.63, 3.8) is 0 Å². The van der Waals surface area contributed by atoms with Crippen LogP contribution in [0.25, 0.3) is 5.32 Å². The molecule has 0 amide bonds. The summed E-state index contributed by atoms with van der Waals surface area (Å²) in [6.45, 7) is 4.99. The van der Waals surface area contributed by atoms with Crippen LogP contribution in [0.2, 0.25) is 0 Å². The molecule has 0 saturated carbocycles. The number of nitrogens with zero attached hydrogens (tertiary/aromatic N) is 2. The van der Waals surface area contributed by atoms with Gasteiger partial charge in [-0.3, -0.25) is 0 Å². The summed E-state index contributed by atoms with van der Waals surface area (Å²) in [5, 5.41) is 3.94. The highest BCUT2D eigenvalue weighted by Gasteiger charge is 2.07. The van der Waals surface area contributed by atoms with Gasteiger partial charge in [0.25, 0.3) is 0 Å². The number of hydrogen-bond donors (Lipinski definition) is 0. The van der Waals surface area contributed by atoms with Gasteiger partial charge in [-0.1, -0.05) is 13.8 Å². The van der Waals surface area contributed by atoms with Gasteiger partial charge in [0.15, 0.2) is 0 Å². The molecule has 0 fully saturated rings. The SMILES string of the molecule is CC1(C)C[N-]C=N1. The van der Waals surface area contributed by atoms with Gasteiger partial charge in [0, 0.05) is 0 Å². The average molecular weight is 97.1 g/mol. The topological polar surface area (TPSA) is 26.5 Å². The van der Waals surface area contributed by atoms with Gasteiger partial charge in [-0.2, -0.15) is 0 Å². The number of rotatable bonds is 0. The first kappa shape index (κ1) is 4.62. The molecule has 1 heterocycles. The molecule has 0 bridgehead atoms. The summed E-state index contributed by atoms with van der Waals surface area (Å²) in [5.41, 5.74) is 0.0972. The molecule has 0 N–H and O–H groups in total. The molecule has 0 atom stereocenters. The van der Waals surface area contributed by atoms with E-state index in [9.17, 15) is 0 Å². The summed E-state index contributed by atoms with van der Waals surface area (Å²) < 4.78 is 0. The van der Waals surface area contributed by atoms with Crippen LogP contribution >= 0.6 is 0 Å². The van der Waals surface area contributed by atoms with Gasteiger partial charge in [0.2, 0.25) is 0 Å². The van der Waals surface area contributed by atoms with Crippen molar-refractivity contribution < 1.29 is 0 Å². The molecule has 0 spiro atoms. The van der Waals surface area contributed by atoms with E-state index in [1.165, 1.54) is 0 Å². The molecule has 1 rings (SSSR count). The maximum absolute atomic E-state index is 4.08. The second kappa shape index (κ2) is 1.22. The Morgan fingerprint density at radius 3 is 2.57 bits per heavy atom. The van der Waals surface area contributed by atoms with Crippen molar-refractivity contribution in [2.75, 3.05) is 6.54 Å². The van der Waals surface area contributed by atoms with Gasteiger partial charge >= 0.3 is 0 Å². The van der Waals surface area contributed by atoms with Crippen molar-refractivity contribution in [3.05, 3.63) is 5.32 Å². The van der Waals surface area contributed by atoms with E-state index in [0.29, 0.717) is 0 Å². The molecule has 1 aliphatic heterocycles. The highest BCUT2D eigenvalue weighted by molar-refractivity contribution is 5.73. The Labute approximate surface area is 43.6 Å². The van der Waals surface area contributed by atoms with Crippen molar-refractivity contribution >= 4 is 6.34 Å². The first-order valence-electron chi connectivity index (χ1n) is 2.41. The predicted molar refractivity (Wildman–Crippen MR) is 30.8 cm³/mol. The van der Waals surface area contributed by atoms with E-state index in [-0.39, 0.29) is 5.54 Å². The summed E-state index contributed by atoms with van der Waals surface area (Å²) in [4.78, 5) is 4.08. The average Bonchev–Trinajstić information content (AvgIpc) is 1.84. The lowest BCUT2D eigenvalue weighted by Crippen LogP contribution is -2.15. The Balaban J connectivity index is 2.57. The molecule has 40 valence electrons. The summed E-state index contributed by atoms with van der Waals surface area (Å²) in [5.74, 6) is 0. The van der Waals surface area contributed by atoms with Crippen LogP contribution in [0, 0.1) is 0 Å². The largest absolute Gasteiger partial charge is 0.472 e. The van der Waals surface area contributed by atoms with Gasteiger partial charge in [0.1, 0.15) is 0 Å². The fourth-order valence-corrected chi connectivity index (χ4v) is 0.502. The summed E-state index contributed by atoms with van der Waals surface area (Å²) >= 11 is 0. The van der Waals surface area contributed by atoms with Crippen LogP contribution in [0.1, 0.15) is 13.8 Å². The number of aliphatic imine (C=N–C) groups is 1. The third kappa shape index (κ3) is 0.918. The minimum Gasteiger partial charge on any atom is -0.472 e. The van der Waals surface area contributed by atoms with Crippen molar-refractivity contribution in [1.82, 2.24) is 0 Å². The van der Waals surface area contributed by atoms with E-state index in [4.69, 9.17) is 0 Å². The quantitative estimate of drug-likeness (QED) is 0.434. The van der Waals surface area contributed by atoms with E-state index in [1.807, 2.05) is 0 Å². The Hall–Kier alpha value is -0.530. The molecule has 0 aliphatic carbocycles. The molecule has 0 aromatic heterocycles. The van der Waals surface area contributed by atoms with Crippen LogP contribution in [0.5, 0.6) is 0 Å². The highest BCUT2D eigenvalue weighted by atomic mass is 15.1. The fourth-order valence-electron chi connectivity index (χ4n) is 0.502. The Bertz CT molecular complexity index is 94.3. The van der Waals surface area contributed by atoms with Crippen LogP contribution in [0.4, 0.5) is 0 Å². The van der Waals surface area contributed by atoms with Crippen molar-refractivity contribution in [1.29, 1.82) is 0 Å². The maximum Gasteiger partial charge on any atom is -0.0339 e. The zero-order valence-electron chi connectivity index (χ0n) is 4.68. The summed E-state index contributed by atoms with van der Waals surface area (Å²) in [6, 6.07) is 0. The first-order valence-corrected chi connectivity index (χ1v) is 2.41. The summed E-state index contributed by atoms with van der Waals surface area (Å²) in [6.07, 6.45) is 1.64. The molecule has 7 heavy (non-hydrogen) atoms. The third-order valence-corrected chi connectivity index (χ3v) is 0.967. The van der Waals surface area contributed by atoms with E-state index in [2.05, 4.69) is 24.2 Å². The van der Waals surface area contributed by atoms with Gasteiger partial charge in [-0.05, 0) is 12.1 Å². The second-order valence-corrected chi connectivity index (χ2v) is 2.40. The summed E-state index contributed by atoms with van der Waals surface area (Å²) in [7, 11) is 0. The fraction of sp³-hybridized carbons (Fsp3) is 0.800. The van der Waals surface area contributed by atoms with Crippen LogP contribution in [-0.4, -0.2) is 18.4 Å². The van der Waals surface area contributed by atoms with Crippen LogP contribution in [-0.2, 0) is 0 Å². The zero-order chi connectivity index (χ0) is 5.33. The van der Waals surface area contributed by atoms with Gasteiger partial charge in [0.05, 0.1) is 0 Å². The molecule has 0 aromatic rings. The van der Waals surface area contributed by atoms with Crippen LogP contribution < -0.4 is 0 Å². The minimum absolute atomic E-state index is 0.0972. The molecule has 2 heteroatoms. The standard InChI is InChI=1S/C5H9N2/c1-5(2)3-6-4-7-5/h4H,3H2,1-2H3/q-1. The van der Waals surface area contributed by atoms with Gasteiger partial charge < -0.3 is 10.3 Å². The van der Waals surface area contributed by atoms with Crippen LogP contribution in [0.15, 0.2) is 4.99 Å². The Kier molecular flexibility index (Phi) is 0.805. The lowest BCUT2D eigenvalue weighted by atomic mass is 10.1. The Morgan fingerprint density at radius 2 is 2.43 bits per heavy atom. The highest BCUT2D eigenvalue weighted by Crippen LogP contribution is 2.15. The molecule has 0 aromatic carbocycles. The van der Waals surface area contributed by atoms with E-state index in [1.54, 1.807) is 6.34 Å². The molecule has 0 saturated heterocycles. The molecule has 0 unspecified atom stereocenters. The van der Waals surface area contributed by atoms with E-state index >= 15 is 0 Å². The van der Waals surface area contributed by atoms with Crippen molar-refractivity contribution in [2.24, 2.45) is 4.99 Å². The third-order valence-electron chi connectivity index (χ3n) is 0.967. The lowest BCUT2D eigenvalue weighted by molar-refractivity contribution is 0.586. The minimum atomic E-state index is 0.0972. The smallest absolute Gasteiger partial charge is 0.0339 e. The maximum atomic E-state index is 4.08. The van der Waals surface area contributed by atoms with Crippen LogP contribution in [0.3, 0.4) is 0 Å².